The Balaban J connectivity index is 2.83. The summed E-state index contributed by atoms with van der Waals surface area (Å²) < 4.78 is 5.37. The number of rotatable bonds is 6. The largest absolute Gasteiger partial charge is 0.480 e. The van der Waals surface area contributed by atoms with E-state index in [4.69, 9.17) is 15.6 Å². The van der Waals surface area contributed by atoms with Crippen molar-refractivity contribution >= 4 is 17.5 Å². The maximum absolute atomic E-state index is 10.6. The van der Waals surface area contributed by atoms with Crippen LogP contribution in [-0.4, -0.2) is 36.3 Å². The van der Waals surface area contributed by atoms with E-state index in [1.165, 1.54) is 4.90 Å². The molecular formula is C11H17N3O3. The monoisotopic (exact) mass is 239 g/mol. The predicted molar refractivity (Wildman–Crippen MR) is 65.3 cm³/mol. The Morgan fingerprint density at radius 2 is 2.29 bits per heavy atom. The zero-order chi connectivity index (χ0) is 12.8. The van der Waals surface area contributed by atoms with Crippen LogP contribution < -0.4 is 15.4 Å². The molecule has 17 heavy (non-hydrogen) atoms. The number of nitrogen functional groups attached to an aromatic ring is 1. The molecule has 0 aliphatic carbocycles. The van der Waals surface area contributed by atoms with E-state index in [0.29, 0.717) is 24.0 Å². The summed E-state index contributed by atoms with van der Waals surface area (Å²) in [5, 5.41) is 8.69. The van der Waals surface area contributed by atoms with Gasteiger partial charge in [0.05, 0.1) is 12.3 Å². The predicted octanol–water partition coefficient (Wildman–Crippen LogP) is 0.973. The molecule has 0 radical (unpaired) electrons. The van der Waals surface area contributed by atoms with Crippen LogP contribution in [0, 0.1) is 0 Å². The van der Waals surface area contributed by atoms with Crippen molar-refractivity contribution in [2.75, 3.05) is 30.8 Å². The lowest BCUT2D eigenvalue weighted by molar-refractivity contribution is -0.135. The average molecular weight is 239 g/mol. The minimum atomic E-state index is -0.915. The molecule has 0 aromatic carbocycles. The number of aromatic nitrogens is 1. The number of pyridine rings is 1. The van der Waals surface area contributed by atoms with Gasteiger partial charge >= 0.3 is 5.97 Å². The maximum atomic E-state index is 10.6. The minimum absolute atomic E-state index is 0.121. The molecule has 0 aliphatic heterocycles. The van der Waals surface area contributed by atoms with Gasteiger partial charge in [-0.1, -0.05) is 6.92 Å². The molecule has 1 heterocycles. The maximum Gasteiger partial charge on any atom is 0.323 e. The van der Waals surface area contributed by atoms with Crippen LogP contribution in [0.3, 0.4) is 0 Å². The Bertz CT molecular complexity index is 396. The van der Waals surface area contributed by atoms with Crippen molar-refractivity contribution in [2.45, 2.75) is 13.3 Å². The highest BCUT2D eigenvalue weighted by Gasteiger charge is 2.10. The van der Waals surface area contributed by atoms with Crippen molar-refractivity contribution in [1.29, 1.82) is 0 Å². The highest BCUT2D eigenvalue weighted by Crippen LogP contribution is 2.22. The van der Waals surface area contributed by atoms with E-state index >= 15 is 0 Å². The first-order valence-electron chi connectivity index (χ1n) is 5.36. The first-order chi connectivity index (χ1) is 8.04. The molecule has 1 aromatic heterocycles. The number of hydrogen-bond donors (Lipinski definition) is 2. The first-order valence-corrected chi connectivity index (χ1v) is 5.36. The standard InChI is InChI=1S/C11H17N3O3/c1-3-6-17-11-8(12)4-5-9(13-11)14(2)7-10(15)16/h4-5H,3,6-7,12H2,1-2H3,(H,15,16). The number of ether oxygens (including phenoxy) is 1. The number of anilines is 2. The lowest BCUT2D eigenvalue weighted by Crippen LogP contribution is -2.26. The van der Waals surface area contributed by atoms with Gasteiger partial charge in [-0.15, -0.1) is 0 Å². The molecule has 0 unspecified atom stereocenters. The van der Waals surface area contributed by atoms with Crippen LogP contribution in [0.4, 0.5) is 11.5 Å². The Kier molecular flexibility index (Phi) is 4.56. The third-order valence-electron chi connectivity index (χ3n) is 2.08. The van der Waals surface area contributed by atoms with Gasteiger partial charge in [-0.3, -0.25) is 4.79 Å². The van der Waals surface area contributed by atoms with E-state index in [-0.39, 0.29) is 6.54 Å². The van der Waals surface area contributed by atoms with Crippen LogP contribution in [0.1, 0.15) is 13.3 Å². The van der Waals surface area contributed by atoms with E-state index in [9.17, 15) is 4.79 Å². The fraction of sp³-hybridized carbons (Fsp3) is 0.455. The second-order valence-electron chi connectivity index (χ2n) is 3.66. The molecule has 0 spiro atoms. The van der Waals surface area contributed by atoms with Gasteiger partial charge < -0.3 is 20.5 Å². The number of hydrogen-bond acceptors (Lipinski definition) is 5. The van der Waals surface area contributed by atoms with E-state index < -0.39 is 5.97 Å². The SMILES string of the molecule is CCCOc1nc(N(C)CC(=O)O)ccc1N. The molecule has 0 aliphatic rings. The number of nitrogens with zero attached hydrogens (tertiary/aromatic N) is 2. The number of carboxylic acids is 1. The molecule has 0 amide bonds. The summed E-state index contributed by atoms with van der Waals surface area (Å²) in [4.78, 5) is 16.3. The van der Waals surface area contributed by atoms with Gasteiger partial charge in [0, 0.05) is 7.05 Å². The molecule has 94 valence electrons. The number of carbonyl (C=O) groups is 1. The molecule has 1 aromatic rings. The van der Waals surface area contributed by atoms with E-state index in [1.807, 2.05) is 6.92 Å². The van der Waals surface area contributed by atoms with Crippen molar-refractivity contribution < 1.29 is 14.6 Å². The third-order valence-corrected chi connectivity index (χ3v) is 2.08. The first kappa shape index (κ1) is 13.1. The van der Waals surface area contributed by atoms with Crippen LogP contribution in [0.2, 0.25) is 0 Å². The summed E-state index contributed by atoms with van der Waals surface area (Å²) in [6, 6.07) is 3.32. The topological polar surface area (TPSA) is 88.7 Å². The van der Waals surface area contributed by atoms with Gasteiger partial charge in [0.2, 0.25) is 5.88 Å². The second kappa shape index (κ2) is 5.93. The molecular weight excluding hydrogens is 222 g/mol. The highest BCUT2D eigenvalue weighted by atomic mass is 16.5. The van der Waals surface area contributed by atoms with Crippen LogP contribution in [0.25, 0.3) is 0 Å². The molecule has 0 saturated carbocycles. The van der Waals surface area contributed by atoms with E-state index in [2.05, 4.69) is 4.98 Å². The zero-order valence-corrected chi connectivity index (χ0v) is 10.0. The Labute approximate surface area is 100 Å². The fourth-order valence-corrected chi connectivity index (χ4v) is 1.25. The van der Waals surface area contributed by atoms with Crippen LogP contribution in [0.15, 0.2) is 12.1 Å². The van der Waals surface area contributed by atoms with Gasteiger partial charge in [-0.25, -0.2) is 0 Å². The molecule has 6 heteroatoms. The Morgan fingerprint density at radius 3 is 2.88 bits per heavy atom. The third kappa shape index (κ3) is 3.82. The molecule has 0 atom stereocenters. The highest BCUT2D eigenvalue weighted by molar-refractivity contribution is 5.73. The minimum Gasteiger partial charge on any atom is -0.480 e. The van der Waals surface area contributed by atoms with Crippen LogP contribution >= 0.6 is 0 Å². The number of nitrogens with two attached hydrogens (primary N) is 1. The molecule has 6 nitrogen and oxygen atoms in total. The van der Waals surface area contributed by atoms with Gasteiger partial charge in [-0.2, -0.15) is 4.98 Å². The summed E-state index contributed by atoms with van der Waals surface area (Å²) >= 11 is 0. The van der Waals surface area contributed by atoms with Crippen molar-refractivity contribution in [3.63, 3.8) is 0 Å². The smallest absolute Gasteiger partial charge is 0.323 e. The Hall–Kier alpha value is -1.98. The molecule has 0 saturated heterocycles. The molecule has 0 fully saturated rings. The summed E-state index contributed by atoms with van der Waals surface area (Å²) in [5.74, 6) is -0.0450. The summed E-state index contributed by atoms with van der Waals surface area (Å²) in [5.41, 5.74) is 6.16. The number of likely N-dealkylation sites (N-methyl/N-ethyl adjacent to an activating group) is 1. The molecule has 3 N–H and O–H groups in total. The lowest BCUT2D eigenvalue weighted by Gasteiger charge is -2.17. The van der Waals surface area contributed by atoms with Gasteiger partial charge in [-0.05, 0) is 18.6 Å². The van der Waals surface area contributed by atoms with Crippen molar-refractivity contribution in [3.05, 3.63) is 12.1 Å². The van der Waals surface area contributed by atoms with Crippen LogP contribution in [-0.2, 0) is 4.79 Å². The Morgan fingerprint density at radius 1 is 1.59 bits per heavy atom. The van der Waals surface area contributed by atoms with Gasteiger partial charge in [0.15, 0.2) is 0 Å². The van der Waals surface area contributed by atoms with Crippen molar-refractivity contribution in [2.24, 2.45) is 0 Å². The van der Waals surface area contributed by atoms with E-state index in [1.54, 1.807) is 19.2 Å². The average Bonchev–Trinajstić information content (AvgIpc) is 2.27. The lowest BCUT2D eigenvalue weighted by atomic mass is 10.3. The van der Waals surface area contributed by atoms with Crippen LogP contribution in [0.5, 0.6) is 5.88 Å². The van der Waals surface area contributed by atoms with Gasteiger partial charge in [0.25, 0.3) is 0 Å². The fourth-order valence-electron chi connectivity index (χ4n) is 1.25. The van der Waals surface area contributed by atoms with Gasteiger partial charge in [0.1, 0.15) is 12.4 Å². The molecule has 0 bridgehead atoms. The summed E-state index contributed by atoms with van der Waals surface area (Å²) in [6.07, 6.45) is 0.857. The quantitative estimate of drug-likeness (QED) is 0.769. The second-order valence-corrected chi connectivity index (χ2v) is 3.66. The number of aliphatic carboxylic acids is 1. The molecule has 1 rings (SSSR count). The summed E-state index contributed by atoms with van der Waals surface area (Å²) in [6.45, 7) is 2.39. The van der Waals surface area contributed by atoms with Crippen molar-refractivity contribution in [3.8, 4) is 5.88 Å². The van der Waals surface area contributed by atoms with E-state index in [0.717, 1.165) is 6.42 Å². The normalized spacial score (nSPS) is 10.0. The zero-order valence-electron chi connectivity index (χ0n) is 10.0. The number of carboxylic acid groups (broad SMARTS) is 1. The summed E-state index contributed by atoms with van der Waals surface area (Å²) in [7, 11) is 1.65. The van der Waals surface area contributed by atoms with Crippen molar-refractivity contribution in [1.82, 2.24) is 4.98 Å².